The van der Waals surface area contributed by atoms with Crippen molar-refractivity contribution in [3.05, 3.63) is 277 Å². The van der Waals surface area contributed by atoms with Gasteiger partial charge in [-0.25, -0.2) is 0 Å². The molecule has 0 saturated carbocycles. The molecule has 0 amide bonds. The van der Waals surface area contributed by atoms with Crippen LogP contribution in [0.2, 0.25) is 0 Å². The first-order chi connectivity index (χ1) is 36.2. The molecular formula is C69H42N2O2. The molecule has 14 aromatic rings. The number of nitrogens with zero attached hydrogens (tertiary/aromatic N) is 2. The lowest BCUT2D eigenvalue weighted by Gasteiger charge is -2.34. The first kappa shape index (κ1) is 40.1. The Hall–Kier alpha value is -9.64. The minimum atomic E-state index is -0.747. The molecule has 73 heavy (non-hydrogen) atoms. The van der Waals surface area contributed by atoms with Crippen LogP contribution in [0, 0.1) is 0 Å². The van der Waals surface area contributed by atoms with Crippen molar-refractivity contribution in [2.75, 3.05) is 9.80 Å². The molecule has 2 aromatic heterocycles. The predicted octanol–water partition coefficient (Wildman–Crippen LogP) is 19.1. The molecule has 16 rings (SSSR count). The fourth-order valence-corrected chi connectivity index (χ4v) is 13.0. The molecule has 2 aliphatic carbocycles. The monoisotopic (exact) mass is 930 g/mol. The second-order valence-electron chi connectivity index (χ2n) is 19.4. The van der Waals surface area contributed by atoms with Gasteiger partial charge < -0.3 is 18.6 Å². The molecule has 0 fully saturated rings. The van der Waals surface area contributed by atoms with Gasteiger partial charge in [-0.05, 0) is 152 Å². The van der Waals surface area contributed by atoms with Gasteiger partial charge in [0.1, 0.15) is 22.3 Å². The van der Waals surface area contributed by atoms with E-state index in [0.717, 1.165) is 99.5 Å². The standard InChI is InChI=1S/C69H42N2O2/c1-5-21-43(22-6-1)70(44-23-7-2-8-24-44)59-41-57-66(54-39-53-49-31-15-19-35-61(49)73-64(53)40-52(54)59)65-51-37-38-63-68(50-32-16-20-36-62(50)72-63)67(51)60(71(45-25-9-3-10-26-45)46-27-11-4-12-28-46)42-58(65)69(57)55-33-17-13-29-47(55)48-30-14-18-34-56(48)69/h1-42H. The fraction of sp³-hybridized carbons (Fsp3) is 0.0145. The normalized spacial score (nSPS) is 13.0. The summed E-state index contributed by atoms with van der Waals surface area (Å²) in [5, 5.41) is 8.94. The number of rotatable bonds is 6. The molecule has 4 heteroatoms. The van der Waals surface area contributed by atoms with Crippen LogP contribution in [0.1, 0.15) is 22.3 Å². The van der Waals surface area contributed by atoms with Crippen LogP contribution in [-0.2, 0) is 5.41 Å². The van der Waals surface area contributed by atoms with Crippen molar-refractivity contribution in [3.8, 4) is 22.3 Å². The summed E-state index contributed by atoms with van der Waals surface area (Å²) < 4.78 is 13.6. The average molecular weight is 931 g/mol. The third kappa shape index (κ3) is 5.49. The van der Waals surface area contributed by atoms with Crippen LogP contribution >= 0.6 is 0 Å². The van der Waals surface area contributed by atoms with Crippen LogP contribution in [0.15, 0.2) is 264 Å². The van der Waals surface area contributed by atoms with Crippen LogP contribution in [0.5, 0.6) is 0 Å². The summed E-state index contributed by atoms with van der Waals surface area (Å²) in [6.45, 7) is 0. The lowest BCUT2D eigenvalue weighted by Crippen LogP contribution is -2.26. The van der Waals surface area contributed by atoms with Gasteiger partial charge >= 0.3 is 0 Å². The summed E-state index contributed by atoms with van der Waals surface area (Å²) in [5.41, 5.74) is 19.1. The molecule has 2 heterocycles. The van der Waals surface area contributed by atoms with Crippen molar-refractivity contribution >= 4 is 99.5 Å². The quantitative estimate of drug-likeness (QED) is 0.166. The Morgan fingerprint density at radius 2 is 0.712 bits per heavy atom. The van der Waals surface area contributed by atoms with Gasteiger partial charge in [0.2, 0.25) is 0 Å². The molecule has 1 spiro atoms. The second kappa shape index (κ2) is 15.2. The molecule has 0 radical (unpaired) electrons. The van der Waals surface area contributed by atoms with Gasteiger partial charge in [0.15, 0.2) is 0 Å². The summed E-state index contributed by atoms with van der Waals surface area (Å²) in [6, 6.07) is 93.0. The van der Waals surface area contributed by atoms with Gasteiger partial charge in [-0.15, -0.1) is 0 Å². The number of anilines is 6. The summed E-state index contributed by atoms with van der Waals surface area (Å²) >= 11 is 0. The molecule has 0 unspecified atom stereocenters. The van der Waals surface area contributed by atoms with Gasteiger partial charge in [0.05, 0.1) is 16.8 Å². The topological polar surface area (TPSA) is 32.8 Å². The third-order valence-electron chi connectivity index (χ3n) is 15.8. The van der Waals surface area contributed by atoms with Crippen molar-refractivity contribution < 1.29 is 8.83 Å². The number of hydrogen-bond acceptors (Lipinski definition) is 4. The lowest BCUT2D eigenvalue weighted by molar-refractivity contribution is 0.669. The first-order valence-electron chi connectivity index (χ1n) is 25.1. The van der Waals surface area contributed by atoms with Crippen LogP contribution in [0.25, 0.3) is 87.7 Å². The van der Waals surface area contributed by atoms with Crippen molar-refractivity contribution in [2.45, 2.75) is 5.41 Å². The van der Waals surface area contributed by atoms with Crippen molar-refractivity contribution in [2.24, 2.45) is 0 Å². The molecule has 0 atom stereocenters. The minimum absolute atomic E-state index is 0.747. The fourth-order valence-electron chi connectivity index (χ4n) is 13.0. The minimum Gasteiger partial charge on any atom is -0.456 e. The smallest absolute Gasteiger partial charge is 0.136 e. The van der Waals surface area contributed by atoms with E-state index in [0.29, 0.717) is 0 Å². The molecule has 12 aromatic carbocycles. The van der Waals surface area contributed by atoms with Crippen LogP contribution < -0.4 is 9.80 Å². The van der Waals surface area contributed by atoms with Gasteiger partial charge in [-0.2, -0.15) is 0 Å². The SMILES string of the molecule is c1ccc(N(c2ccccc2)c2cc3c(c4cc5c(cc24)oc2ccccc25)-c2c(cc(N(c4ccccc4)c4ccccc4)c4c2ccc2oc5ccccc5c24)C32c3ccccc3-c3ccccc32)cc1. The highest BCUT2D eigenvalue weighted by molar-refractivity contribution is 6.29. The van der Waals surface area contributed by atoms with Gasteiger partial charge in [-0.3, -0.25) is 0 Å². The van der Waals surface area contributed by atoms with E-state index in [1.807, 2.05) is 0 Å². The highest BCUT2D eigenvalue weighted by atomic mass is 16.3. The Kier molecular flexibility index (Phi) is 8.35. The van der Waals surface area contributed by atoms with Crippen molar-refractivity contribution in [1.29, 1.82) is 0 Å². The van der Waals surface area contributed by atoms with E-state index in [1.165, 1.54) is 44.5 Å². The maximum atomic E-state index is 6.82. The van der Waals surface area contributed by atoms with Crippen molar-refractivity contribution in [3.63, 3.8) is 0 Å². The predicted molar refractivity (Wildman–Crippen MR) is 302 cm³/mol. The number of fused-ring (bicyclic) bond motifs is 21. The molecule has 340 valence electrons. The van der Waals surface area contributed by atoms with E-state index < -0.39 is 5.41 Å². The van der Waals surface area contributed by atoms with Crippen LogP contribution in [-0.4, -0.2) is 0 Å². The van der Waals surface area contributed by atoms with Crippen LogP contribution in [0.4, 0.5) is 34.1 Å². The maximum Gasteiger partial charge on any atom is 0.136 e. The summed E-state index contributed by atoms with van der Waals surface area (Å²) in [5.74, 6) is 0. The zero-order valence-corrected chi connectivity index (χ0v) is 39.5. The molecule has 2 aliphatic rings. The summed E-state index contributed by atoms with van der Waals surface area (Å²) in [7, 11) is 0. The average Bonchev–Trinajstić information content (AvgIpc) is 4.20. The molecule has 0 aliphatic heterocycles. The second-order valence-corrected chi connectivity index (χ2v) is 19.4. The molecule has 0 N–H and O–H groups in total. The van der Waals surface area contributed by atoms with E-state index in [4.69, 9.17) is 8.83 Å². The Labute approximate surface area is 420 Å². The Morgan fingerprint density at radius 3 is 1.30 bits per heavy atom. The molecule has 0 bridgehead atoms. The highest BCUT2D eigenvalue weighted by Gasteiger charge is 2.53. The molecule has 4 nitrogen and oxygen atoms in total. The third-order valence-corrected chi connectivity index (χ3v) is 15.8. The van der Waals surface area contributed by atoms with Gasteiger partial charge in [0, 0.05) is 55.1 Å². The van der Waals surface area contributed by atoms with E-state index in [9.17, 15) is 0 Å². The Bertz CT molecular complexity index is 4410. The van der Waals surface area contributed by atoms with Gasteiger partial charge in [-0.1, -0.05) is 158 Å². The number of benzene rings is 12. The lowest BCUT2D eigenvalue weighted by atomic mass is 9.70. The van der Waals surface area contributed by atoms with Crippen molar-refractivity contribution in [1.82, 2.24) is 0 Å². The van der Waals surface area contributed by atoms with E-state index >= 15 is 0 Å². The Morgan fingerprint density at radius 1 is 0.260 bits per heavy atom. The van der Waals surface area contributed by atoms with Crippen LogP contribution in [0.3, 0.4) is 0 Å². The van der Waals surface area contributed by atoms with Gasteiger partial charge in [0.25, 0.3) is 0 Å². The maximum absolute atomic E-state index is 6.82. The zero-order valence-electron chi connectivity index (χ0n) is 39.5. The molecular weight excluding hydrogens is 889 g/mol. The molecule has 0 saturated heterocycles. The largest absolute Gasteiger partial charge is 0.456 e. The summed E-state index contributed by atoms with van der Waals surface area (Å²) in [6.07, 6.45) is 0. The first-order valence-corrected chi connectivity index (χ1v) is 25.1. The Balaban J connectivity index is 1.17. The van der Waals surface area contributed by atoms with E-state index in [1.54, 1.807) is 0 Å². The number of hydrogen-bond donors (Lipinski definition) is 0. The van der Waals surface area contributed by atoms with E-state index in [-0.39, 0.29) is 0 Å². The number of furan rings is 2. The highest BCUT2D eigenvalue weighted by Crippen LogP contribution is 2.67. The van der Waals surface area contributed by atoms with E-state index in [2.05, 4.69) is 265 Å². The zero-order chi connectivity index (χ0) is 47.8. The number of para-hydroxylation sites is 6. The summed E-state index contributed by atoms with van der Waals surface area (Å²) in [4.78, 5) is 4.91.